The van der Waals surface area contributed by atoms with Crippen LogP contribution in [0.2, 0.25) is 0 Å². The molecular weight excluding hydrogens is 1360 g/mol. The standard InChI is InChI=1S/C76H132N14O16/c1-20-44(15)33-34-55(93)82-56(39(5)6)69(98)88-63(47(18)92)73(102)84-58(41(9)10)70(99)85-59(42(11)12)75(104)90-36-28-32-54(90)67(96)80-51(31-27-35-77)65(94)86-61(45(16)21-2)72(101)89-64-48(19)106-76(105)60(43(13)14)78-53(38-91)50(23-4)79-66(95)52(37-49-29-25-24-26-30-49)81-68(97)57(40(7)8)83-71(100)62(46(17)22-3)87-74(64)103/h24-26,29-30,38-48,50-52,54,56-63,65-66,75,78-79,86,91-92,94-95,104H,20-23,27-28,31-37,77H2,1-19H3,(H,80,96)(H,81,97)(H,82,93)(H,83,100)(H,84,102)(H,85,99)(H,87,103)(H,88,98)/b53-38+,89-64?/t44-,45-,46-,47+,48+,50?,51-,52-,54+,56+,57+,58-,59+,60-,61+,62+,63-,65?,66?,75?/m0/s1. The van der Waals surface area contributed by atoms with E-state index >= 15 is 9.59 Å². The Morgan fingerprint density at radius 1 is 0.689 bits per heavy atom. The number of esters is 1. The first kappa shape index (κ1) is 93.0. The molecule has 2 heterocycles. The lowest BCUT2D eigenvalue weighted by Gasteiger charge is -2.38. The fourth-order valence-electron chi connectivity index (χ4n) is 12.7. The Balaban J connectivity index is 2.05. The third kappa shape index (κ3) is 28.1. The third-order valence-electron chi connectivity index (χ3n) is 20.4. The average molecular weight is 1500 g/mol. The molecule has 1 aromatic carbocycles. The van der Waals surface area contributed by atoms with E-state index in [-0.39, 0.29) is 63.2 Å². The van der Waals surface area contributed by atoms with E-state index < -0.39 is 204 Å². The van der Waals surface area contributed by atoms with Crippen LogP contribution in [0.15, 0.2) is 47.3 Å². The summed E-state index contributed by atoms with van der Waals surface area (Å²) in [4.78, 5) is 150. The van der Waals surface area contributed by atoms with Crippen LogP contribution in [0.25, 0.3) is 0 Å². The zero-order valence-electron chi connectivity index (χ0n) is 66.3. The summed E-state index contributed by atoms with van der Waals surface area (Å²) in [5.41, 5.74) is 6.19. The van der Waals surface area contributed by atoms with E-state index in [1.54, 1.807) is 104 Å². The number of nitrogens with two attached hydrogens (primary N) is 1. The van der Waals surface area contributed by atoms with Gasteiger partial charge in [0.2, 0.25) is 41.4 Å². The van der Waals surface area contributed by atoms with Crippen molar-refractivity contribution in [2.45, 2.75) is 306 Å². The van der Waals surface area contributed by atoms with Gasteiger partial charge >= 0.3 is 5.97 Å². The Morgan fingerprint density at radius 2 is 1.27 bits per heavy atom. The smallest absolute Gasteiger partial charge is 0.329 e. The van der Waals surface area contributed by atoms with Gasteiger partial charge in [-0.25, -0.2) is 9.79 Å². The molecule has 106 heavy (non-hydrogen) atoms. The number of nitrogens with zero attached hydrogens (tertiary/aromatic N) is 2. The minimum Gasteiger partial charge on any atom is -0.514 e. The number of aliphatic imine (C=N–C) groups is 1. The van der Waals surface area contributed by atoms with Gasteiger partial charge in [0.05, 0.1) is 54.3 Å². The fourth-order valence-corrected chi connectivity index (χ4v) is 12.7. The molecule has 20 atom stereocenters. The molecule has 0 spiro atoms. The molecule has 2 fully saturated rings. The second kappa shape index (κ2) is 45.6. The van der Waals surface area contributed by atoms with Gasteiger partial charge < -0.3 is 83.9 Å². The maximum atomic E-state index is 15.1. The number of aliphatic hydroxyl groups is 5. The van der Waals surface area contributed by atoms with Crippen molar-refractivity contribution in [3.8, 4) is 0 Å². The molecular formula is C76H132N14O16. The summed E-state index contributed by atoms with van der Waals surface area (Å²) in [5, 5.41) is 89.5. The van der Waals surface area contributed by atoms with E-state index in [4.69, 9.17) is 10.5 Å². The maximum absolute atomic E-state index is 15.1. The number of nitrogens with one attached hydrogen (secondary N) is 11. The van der Waals surface area contributed by atoms with Crippen molar-refractivity contribution in [2.75, 3.05) is 13.1 Å². The summed E-state index contributed by atoms with van der Waals surface area (Å²) < 4.78 is 6.04. The van der Waals surface area contributed by atoms with E-state index in [9.17, 15) is 63.9 Å². The maximum Gasteiger partial charge on any atom is 0.329 e. The summed E-state index contributed by atoms with van der Waals surface area (Å²) >= 11 is 0. The van der Waals surface area contributed by atoms with Gasteiger partial charge in [-0.05, 0) is 118 Å². The molecule has 0 saturated carbocycles. The number of hydrogen-bond acceptors (Lipinski definition) is 21. The predicted octanol–water partition coefficient (Wildman–Crippen LogP) is 2.44. The van der Waals surface area contributed by atoms with E-state index in [0.29, 0.717) is 31.6 Å². The quantitative estimate of drug-likeness (QED) is 0.0264. The summed E-state index contributed by atoms with van der Waals surface area (Å²) in [6, 6.07) is -5.12. The molecule has 0 aromatic heterocycles. The summed E-state index contributed by atoms with van der Waals surface area (Å²) in [5.74, 6) is -11.2. The van der Waals surface area contributed by atoms with Crippen molar-refractivity contribution < 1.29 is 78.2 Å². The molecule has 4 unspecified atom stereocenters. The molecule has 30 heteroatoms. The molecule has 2 saturated heterocycles. The molecule has 18 N–H and O–H groups in total. The molecule has 30 nitrogen and oxygen atoms in total. The van der Waals surface area contributed by atoms with Crippen LogP contribution in [-0.4, -0.2) is 212 Å². The molecule has 602 valence electrons. The third-order valence-corrected chi connectivity index (χ3v) is 20.4. The molecule has 1 aromatic rings. The lowest BCUT2D eigenvalue weighted by atomic mass is 9.95. The SMILES string of the molecule is CCC1NC(O)[C@H](Cc2ccccc2)NC(=O)[C@@H](C(C)C)NC(=O)[C@@H]([C@@H](C)CC)NC(=O)C(=NC(=O)[C@H](NC(O)[C@H](CCCN)NC(=O)[C@H]2CCCN2C(O)[C@H](NC(=O)[C@@H](NC(=O)[C@@H](NC(=O)[C@H](NC(=O)CC[C@@H](C)CC)C(C)C)[C@@H](C)O)C(C)C)C(C)C)[C@@H](C)CC)[C@@H](C)OC(=O)[C@H](C(C)C)N/C1=C/O. The normalized spacial score (nSPS) is 24.8. The highest BCUT2D eigenvalue weighted by atomic mass is 16.5. The Kier molecular flexibility index (Phi) is 40.0. The van der Waals surface area contributed by atoms with Gasteiger partial charge in [-0.2, -0.15) is 0 Å². The van der Waals surface area contributed by atoms with E-state index in [1.807, 2.05) is 44.2 Å². The highest BCUT2D eigenvalue weighted by Crippen LogP contribution is 2.26. The second-order valence-corrected chi connectivity index (χ2v) is 30.7. The largest absolute Gasteiger partial charge is 0.514 e. The van der Waals surface area contributed by atoms with E-state index in [0.717, 1.165) is 18.2 Å². The van der Waals surface area contributed by atoms with Gasteiger partial charge in [0.25, 0.3) is 11.8 Å². The number of likely N-dealkylation sites (tertiary alicyclic amines) is 1. The summed E-state index contributed by atoms with van der Waals surface area (Å²) in [6.45, 7) is 32.8. The fraction of sp³-hybridized carbons (Fsp3) is 0.750. The lowest BCUT2D eigenvalue weighted by Crippen LogP contribution is -2.63. The number of aliphatic hydroxyl groups excluding tert-OH is 5. The minimum absolute atomic E-state index is 0.0590. The zero-order chi connectivity index (χ0) is 80.1. The number of rotatable bonds is 35. The number of ether oxygens (including phenoxy) is 1. The van der Waals surface area contributed by atoms with Crippen LogP contribution in [0.3, 0.4) is 0 Å². The second-order valence-electron chi connectivity index (χ2n) is 30.7. The van der Waals surface area contributed by atoms with E-state index in [1.165, 1.54) is 18.7 Å². The first-order valence-corrected chi connectivity index (χ1v) is 38.4. The first-order chi connectivity index (χ1) is 49.8. The average Bonchev–Trinajstić information content (AvgIpc) is 1.59. The van der Waals surface area contributed by atoms with Gasteiger partial charge in [0, 0.05) is 13.0 Å². The monoisotopic (exact) mass is 1500 g/mol. The molecule has 3 rings (SSSR count). The summed E-state index contributed by atoms with van der Waals surface area (Å²) in [6.07, 6.45) is -3.32. The van der Waals surface area contributed by atoms with Crippen molar-refractivity contribution >= 4 is 64.8 Å². The van der Waals surface area contributed by atoms with Crippen LogP contribution in [0.5, 0.6) is 0 Å². The van der Waals surface area contributed by atoms with Crippen LogP contribution >= 0.6 is 0 Å². The first-order valence-electron chi connectivity index (χ1n) is 38.4. The van der Waals surface area contributed by atoms with Crippen molar-refractivity contribution in [2.24, 2.45) is 58.1 Å². The molecule has 0 radical (unpaired) electrons. The highest BCUT2D eigenvalue weighted by Gasteiger charge is 2.44. The Hall–Kier alpha value is -7.19. The topological polar surface area (TPSA) is 455 Å². The van der Waals surface area contributed by atoms with Crippen LogP contribution in [0, 0.1) is 47.3 Å². The number of benzene rings is 1. The van der Waals surface area contributed by atoms with Crippen molar-refractivity contribution in [1.29, 1.82) is 0 Å². The number of carbonyl (C=O) groups excluding carboxylic acids is 10. The van der Waals surface area contributed by atoms with Gasteiger partial charge in [0.15, 0.2) is 0 Å². The lowest BCUT2D eigenvalue weighted by molar-refractivity contribution is -0.149. The number of carbonyl (C=O) groups is 10. The zero-order valence-corrected chi connectivity index (χ0v) is 66.3. The van der Waals surface area contributed by atoms with Gasteiger partial charge in [-0.15, -0.1) is 0 Å². The van der Waals surface area contributed by atoms with Gasteiger partial charge in [0.1, 0.15) is 66.8 Å². The number of cyclic esters (lactones) is 1. The Bertz CT molecular complexity index is 3050. The highest BCUT2D eigenvalue weighted by molar-refractivity contribution is 6.42. The molecule has 0 bridgehead atoms. The minimum atomic E-state index is -1.71. The predicted molar refractivity (Wildman–Crippen MR) is 405 cm³/mol. The van der Waals surface area contributed by atoms with Crippen LogP contribution < -0.4 is 64.2 Å². The summed E-state index contributed by atoms with van der Waals surface area (Å²) in [7, 11) is 0. The van der Waals surface area contributed by atoms with Gasteiger partial charge in [-0.1, -0.05) is 167 Å². The number of amides is 9. The van der Waals surface area contributed by atoms with Crippen molar-refractivity contribution in [3.63, 3.8) is 0 Å². The van der Waals surface area contributed by atoms with Crippen LogP contribution in [0.4, 0.5) is 0 Å². The molecule has 2 aliphatic heterocycles. The van der Waals surface area contributed by atoms with E-state index in [2.05, 4.69) is 63.5 Å². The Morgan fingerprint density at radius 3 is 1.81 bits per heavy atom. The van der Waals surface area contributed by atoms with Crippen LogP contribution in [-0.2, 0) is 59.1 Å². The van der Waals surface area contributed by atoms with Crippen molar-refractivity contribution in [3.05, 3.63) is 47.9 Å². The molecule has 0 aliphatic carbocycles. The molecule has 2 aliphatic rings. The van der Waals surface area contributed by atoms with Crippen molar-refractivity contribution in [1.82, 2.24) is 63.4 Å². The molecule has 9 amide bonds. The van der Waals surface area contributed by atoms with Gasteiger partial charge in [-0.3, -0.25) is 58.7 Å². The number of hydrogen-bond donors (Lipinski definition) is 17. The Labute approximate surface area is 628 Å². The van der Waals surface area contributed by atoms with Crippen LogP contribution in [0.1, 0.15) is 201 Å².